The summed E-state index contributed by atoms with van der Waals surface area (Å²) in [7, 11) is 2.15. The largest absolute Gasteiger partial charge is 0.486 e. The molecule has 0 aliphatic carbocycles. The summed E-state index contributed by atoms with van der Waals surface area (Å²) in [5, 5.41) is 0. The molecule has 0 saturated carbocycles. The average molecular weight is 480 g/mol. The van der Waals surface area contributed by atoms with Gasteiger partial charge >= 0.3 is 0 Å². The zero-order valence-electron chi connectivity index (χ0n) is 20.5. The van der Waals surface area contributed by atoms with Gasteiger partial charge in [-0.05, 0) is 76.5 Å². The first kappa shape index (κ1) is 23.6. The van der Waals surface area contributed by atoms with Crippen LogP contribution in [0.2, 0.25) is 0 Å². The normalized spacial score (nSPS) is 16.9. The lowest BCUT2D eigenvalue weighted by Crippen LogP contribution is -2.38. The van der Waals surface area contributed by atoms with Crippen LogP contribution >= 0.6 is 0 Å². The molecular formula is C27H31F2N5O. The van der Waals surface area contributed by atoms with Crippen LogP contribution in [0, 0.1) is 11.6 Å². The number of hydrogen-bond acceptors (Lipinski definition) is 6. The fraction of sp³-hybridized carbons (Fsp3) is 0.444. The van der Waals surface area contributed by atoms with Gasteiger partial charge in [-0.3, -0.25) is 4.98 Å². The van der Waals surface area contributed by atoms with Crippen molar-refractivity contribution in [3.05, 3.63) is 65.4 Å². The lowest BCUT2D eigenvalue weighted by Gasteiger charge is -2.34. The van der Waals surface area contributed by atoms with Gasteiger partial charge in [0.2, 0.25) is 0 Å². The van der Waals surface area contributed by atoms with Crippen molar-refractivity contribution in [3.8, 4) is 17.0 Å². The third-order valence-electron chi connectivity index (χ3n) is 6.98. The molecule has 4 heterocycles. The van der Waals surface area contributed by atoms with E-state index in [2.05, 4.69) is 37.9 Å². The fourth-order valence-electron chi connectivity index (χ4n) is 4.95. The maximum atomic E-state index is 14.9. The van der Waals surface area contributed by atoms with E-state index >= 15 is 0 Å². The first-order valence-corrected chi connectivity index (χ1v) is 12.3. The number of aromatic nitrogens is 3. The van der Waals surface area contributed by atoms with Gasteiger partial charge in [0.05, 0.1) is 24.8 Å². The molecule has 0 radical (unpaired) electrons. The number of likely N-dealkylation sites (tertiary alicyclic amines) is 1. The minimum absolute atomic E-state index is 0.0777. The molecule has 2 aromatic heterocycles. The third kappa shape index (κ3) is 4.98. The van der Waals surface area contributed by atoms with Crippen molar-refractivity contribution >= 4 is 5.69 Å². The zero-order valence-corrected chi connectivity index (χ0v) is 20.5. The summed E-state index contributed by atoms with van der Waals surface area (Å²) in [6, 6.07) is 7.31. The summed E-state index contributed by atoms with van der Waals surface area (Å²) >= 11 is 0. The van der Waals surface area contributed by atoms with Crippen LogP contribution in [0.5, 0.6) is 5.75 Å². The Morgan fingerprint density at radius 2 is 1.83 bits per heavy atom. The van der Waals surface area contributed by atoms with Crippen molar-refractivity contribution < 1.29 is 13.5 Å². The molecule has 1 fully saturated rings. The van der Waals surface area contributed by atoms with Gasteiger partial charge in [0.15, 0.2) is 17.4 Å². The lowest BCUT2D eigenvalue weighted by atomic mass is 9.90. The highest BCUT2D eigenvalue weighted by Gasteiger charge is 2.26. The van der Waals surface area contributed by atoms with Crippen LogP contribution < -0.4 is 9.64 Å². The number of benzene rings is 1. The number of pyridine rings is 1. The highest BCUT2D eigenvalue weighted by Crippen LogP contribution is 2.39. The van der Waals surface area contributed by atoms with Gasteiger partial charge in [-0.25, -0.2) is 18.7 Å². The van der Waals surface area contributed by atoms with E-state index in [4.69, 9.17) is 4.74 Å². The molecule has 0 bridgehead atoms. The Balaban J connectivity index is 1.39. The predicted octanol–water partition coefficient (Wildman–Crippen LogP) is 4.82. The molecule has 184 valence electrons. The Morgan fingerprint density at radius 1 is 1.03 bits per heavy atom. The summed E-state index contributed by atoms with van der Waals surface area (Å²) < 4.78 is 35.3. The van der Waals surface area contributed by atoms with Gasteiger partial charge in [-0.1, -0.05) is 6.07 Å². The highest BCUT2D eigenvalue weighted by atomic mass is 19.1. The molecule has 0 N–H and O–H groups in total. The predicted molar refractivity (Wildman–Crippen MR) is 132 cm³/mol. The number of hydrogen-bond donors (Lipinski definition) is 0. The van der Waals surface area contributed by atoms with Crippen LogP contribution in [0.25, 0.3) is 11.3 Å². The molecule has 5 rings (SSSR count). The van der Waals surface area contributed by atoms with Crippen molar-refractivity contribution in [1.82, 2.24) is 19.9 Å². The zero-order chi connectivity index (χ0) is 24.5. The van der Waals surface area contributed by atoms with Crippen LogP contribution in [0.15, 0.2) is 36.7 Å². The van der Waals surface area contributed by atoms with E-state index in [1.807, 2.05) is 26.1 Å². The molecule has 0 spiro atoms. The molecule has 0 unspecified atom stereocenters. The number of piperidine rings is 1. The molecule has 8 heteroatoms. The Kier molecular flexibility index (Phi) is 6.65. The average Bonchev–Trinajstić information content (AvgIpc) is 2.86. The molecular weight excluding hydrogens is 448 g/mol. The smallest absolute Gasteiger partial charge is 0.178 e. The maximum Gasteiger partial charge on any atom is 0.178 e. The first-order chi connectivity index (χ1) is 16.9. The van der Waals surface area contributed by atoms with Crippen molar-refractivity contribution in [3.63, 3.8) is 0 Å². The molecule has 1 saturated heterocycles. The van der Waals surface area contributed by atoms with Gasteiger partial charge in [0.1, 0.15) is 18.1 Å². The third-order valence-corrected chi connectivity index (χ3v) is 6.98. The van der Waals surface area contributed by atoms with Crippen LogP contribution in [0.3, 0.4) is 0 Å². The quantitative estimate of drug-likeness (QED) is 0.523. The Morgan fingerprint density at radius 3 is 2.54 bits per heavy atom. The second-order valence-electron chi connectivity index (χ2n) is 9.76. The minimum atomic E-state index is -0.591. The van der Waals surface area contributed by atoms with Crippen LogP contribution in [0.4, 0.5) is 14.5 Å². The van der Waals surface area contributed by atoms with Crippen molar-refractivity contribution in [2.45, 2.75) is 45.1 Å². The molecule has 1 aromatic carbocycles. The Bertz CT molecular complexity index is 1190. The molecule has 35 heavy (non-hydrogen) atoms. The van der Waals surface area contributed by atoms with E-state index in [1.165, 1.54) is 11.6 Å². The second kappa shape index (κ2) is 9.85. The lowest BCUT2D eigenvalue weighted by molar-refractivity contribution is 0.255. The summed E-state index contributed by atoms with van der Waals surface area (Å²) in [5.41, 5.74) is 3.13. The number of nitrogens with zero attached hydrogens (tertiary/aromatic N) is 5. The SMILES string of the molecule is CC(C)N1CCOc2c(F)cc(-c3nc(Cc4ccc(C5CCN(C)CC5)cn4)ncc3F)cc21. The molecule has 2 aliphatic rings. The summed E-state index contributed by atoms with van der Waals surface area (Å²) in [5.74, 6) is 0.0723. The van der Waals surface area contributed by atoms with E-state index in [9.17, 15) is 8.78 Å². The molecule has 0 atom stereocenters. The van der Waals surface area contributed by atoms with Crippen molar-refractivity contribution in [1.29, 1.82) is 0 Å². The standard InChI is InChI=1S/C27H31F2N5O/c1-17(2)34-10-11-35-27-22(28)12-20(13-24(27)34)26-23(29)16-31-25(32-26)14-21-5-4-19(15-30-21)18-6-8-33(3)9-7-18/h4-5,12-13,15-18H,6-11,14H2,1-3H3. The van der Waals surface area contributed by atoms with Gasteiger partial charge in [-0.2, -0.15) is 0 Å². The Hall–Kier alpha value is -3.13. The topological polar surface area (TPSA) is 54.4 Å². The monoisotopic (exact) mass is 479 g/mol. The fourth-order valence-corrected chi connectivity index (χ4v) is 4.95. The number of anilines is 1. The minimum Gasteiger partial charge on any atom is -0.486 e. The van der Waals surface area contributed by atoms with E-state index < -0.39 is 11.6 Å². The molecule has 0 amide bonds. The molecule has 6 nitrogen and oxygen atoms in total. The molecule has 3 aromatic rings. The van der Waals surface area contributed by atoms with Crippen LogP contribution in [-0.4, -0.2) is 59.2 Å². The van der Waals surface area contributed by atoms with E-state index in [0.717, 1.165) is 37.8 Å². The summed E-state index contributed by atoms with van der Waals surface area (Å²) in [4.78, 5) is 17.7. The number of fused-ring (bicyclic) bond motifs is 1. The van der Waals surface area contributed by atoms with E-state index in [-0.39, 0.29) is 17.5 Å². The summed E-state index contributed by atoms with van der Waals surface area (Å²) in [6.07, 6.45) is 5.74. The first-order valence-electron chi connectivity index (χ1n) is 12.3. The van der Waals surface area contributed by atoms with Crippen molar-refractivity contribution in [2.75, 3.05) is 38.2 Å². The van der Waals surface area contributed by atoms with Crippen LogP contribution in [-0.2, 0) is 6.42 Å². The van der Waals surface area contributed by atoms with E-state index in [0.29, 0.717) is 42.6 Å². The maximum absolute atomic E-state index is 14.9. The van der Waals surface area contributed by atoms with Gasteiger partial charge in [0.25, 0.3) is 0 Å². The van der Waals surface area contributed by atoms with Crippen LogP contribution in [0.1, 0.15) is 49.7 Å². The number of ether oxygens (including phenoxy) is 1. The van der Waals surface area contributed by atoms with Gasteiger partial charge in [-0.15, -0.1) is 0 Å². The summed E-state index contributed by atoms with van der Waals surface area (Å²) in [6.45, 7) is 7.33. The van der Waals surface area contributed by atoms with Gasteiger partial charge in [0, 0.05) is 23.5 Å². The number of halogens is 2. The second-order valence-corrected chi connectivity index (χ2v) is 9.76. The molecule has 2 aliphatic heterocycles. The highest BCUT2D eigenvalue weighted by molar-refractivity contribution is 5.72. The number of rotatable bonds is 5. The Labute approximate surface area is 205 Å². The van der Waals surface area contributed by atoms with Crippen molar-refractivity contribution in [2.24, 2.45) is 0 Å². The van der Waals surface area contributed by atoms with E-state index in [1.54, 1.807) is 6.07 Å². The van der Waals surface area contributed by atoms with Gasteiger partial charge < -0.3 is 14.5 Å².